The predicted octanol–water partition coefficient (Wildman–Crippen LogP) is 0.106. The van der Waals surface area contributed by atoms with Gasteiger partial charge in [-0.15, -0.1) is 11.3 Å². The molecule has 17 heavy (non-hydrogen) atoms. The molecule has 1 heterocycles. The van der Waals surface area contributed by atoms with Gasteiger partial charge in [0, 0.05) is 5.38 Å². The number of aromatic nitrogens is 1. The fourth-order valence-corrected chi connectivity index (χ4v) is 3.08. The predicted molar refractivity (Wildman–Crippen MR) is 72.0 cm³/mol. The van der Waals surface area contributed by atoms with Gasteiger partial charge in [-0.05, 0) is 6.92 Å². The molecule has 94 valence electrons. The van der Waals surface area contributed by atoms with Gasteiger partial charge in [-0.1, -0.05) is 0 Å². The Labute approximate surface area is 111 Å². The molecule has 0 aliphatic rings. The lowest BCUT2D eigenvalue weighted by Gasteiger charge is -2.03. The Balaban J connectivity index is 2.90. The molecule has 9 heteroatoms. The minimum atomic E-state index is -1.27. The molecule has 1 aromatic heterocycles. The van der Waals surface area contributed by atoms with Gasteiger partial charge in [0.2, 0.25) is 0 Å². The van der Waals surface area contributed by atoms with Gasteiger partial charge in [0.05, 0.1) is 26.8 Å². The quantitative estimate of drug-likeness (QED) is 0.630. The first-order valence-electron chi connectivity index (χ1n) is 4.33. The highest BCUT2D eigenvalue weighted by Gasteiger charge is 2.16. The SMILES string of the molecule is C[C@H](OI=C(C(N)=O)c1csc(N)n1)C(=O)O. The first kappa shape index (κ1) is 14.0. The number of rotatable bonds is 5. The van der Waals surface area contributed by atoms with Crippen LogP contribution in [0.15, 0.2) is 5.38 Å². The lowest BCUT2D eigenvalue weighted by Crippen LogP contribution is -2.24. The third-order valence-electron chi connectivity index (χ3n) is 1.57. The topological polar surface area (TPSA) is 129 Å². The summed E-state index contributed by atoms with van der Waals surface area (Å²) in [4.78, 5) is 25.7. The molecule has 0 radical (unpaired) electrons. The summed E-state index contributed by atoms with van der Waals surface area (Å²) in [5, 5.41) is 10.5. The normalized spacial score (nSPS) is 13.8. The standard InChI is InChI=1S/C8H10IN3O4S/c1-3(7(14)15)16-9-5(6(10)13)4-2-17-8(11)12-4/h2-3H,1H3,(H2,10,13)(H2,11,12)(H,14,15)/t3-/m0/s1. The van der Waals surface area contributed by atoms with E-state index in [1.807, 2.05) is 0 Å². The van der Waals surface area contributed by atoms with Crippen LogP contribution < -0.4 is 11.5 Å². The molecule has 1 aromatic rings. The molecule has 0 aliphatic heterocycles. The number of thiazole rings is 1. The minimum Gasteiger partial charge on any atom is -0.479 e. The maximum Gasteiger partial charge on any atom is 0.333 e. The van der Waals surface area contributed by atoms with Crippen molar-refractivity contribution in [3.8, 4) is 0 Å². The number of halogens is 1. The number of nitrogens with zero attached hydrogens (tertiary/aromatic N) is 1. The Kier molecular flexibility index (Phi) is 4.96. The molecule has 0 spiro atoms. The summed E-state index contributed by atoms with van der Waals surface area (Å²) < 4.78 is 5.30. The van der Waals surface area contributed by atoms with Gasteiger partial charge < -0.3 is 19.6 Å². The largest absolute Gasteiger partial charge is 0.479 e. The number of carbonyl (C=O) groups is 2. The maximum atomic E-state index is 11.2. The number of nitrogen functional groups attached to an aromatic ring is 1. The highest BCUT2D eigenvalue weighted by molar-refractivity contribution is 14.2. The first-order chi connectivity index (χ1) is 7.91. The van der Waals surface area contributed by atoms with E-state index in [-0.39, 0.29) is 3.51 Å². The second-order valence-electron chi connectivity index (χ2n) is 2.90. The summed E-state index contributed by atoms with van der Waals surface area (Å²) in [5.74, 6) is -1.76. The summed E-state index contributed by atoms with van der Waals surface area (Å²) in [6, 6.07) is 0. The van der Waals surface area contributed by atoms with Crippen LogP contribution in [0.2, 0.25) is 0 Å². The van der Waals surface area contributed by atoms with Gasteiger partial charge in [-0.3, -0.25) is 4.79 Å². The molecule has 0 saturated heterocycles. The summed E-state index contributed by atoms with van der Waals surface area (Å²) >= 11 is -0.0961. The van der Waals surface area contributed by atoms with Gasteiger partial charge in [0.1, 0.15) is 3.51 Å². The second-order valence-corrected chi connectivity index (χ2v) is 5.81. The Hall–Kier alpha value is -1.07. The van der Waals surface area contributed by atoms with E-state index in [1.165, 1.54) is 18.3 Å². The fourth-order valence-electron chi connectivity index (χ4n) is 0.742. The van der Waals surface area contributed by atoms with Crippen molar-refractivity contribution in [2.45, 2.75) is 13.0 Å². The monoisotopic (exact) mass is 371 g/mol. The fraction of sp³-hybridized carbons (Fsp3) is 0.250. The summed E-state index contributed by atoms with van der Waals surface area (Å²) in [7, 11) is 0. The van der Waals surface area contributed by atoms with E-state index in [4.69, 9.17) is 19.6 Å². The zero-order valence-electron chi connectivity index (χ0n) is 8.71. The zero-order valence-corrected chi connectivity index (χ0v) is 11.7. The van der Waals surface area contributed by atoms with Gasteiger partial charge in [0.25, 0.3) is 5.91 Å². The number of aliphatic carboxylic acids is 1. The number of carboxylic acid groups (broad SMARTS) is 1. The number of hydrogen-bond donors (Lipinski definition) is 3. The van der Waals surface area contributed by atoms with E-state index in [0.29, 0.717) is 10.8 Å². The number of amides is 1. The number of carboxylic acids is 1. The molecule has 0 saturated carbocycles. The second kappa shape index (κ2) is 6.02. The minimum absolute atomic E-state index is 0.213. The Morgan fingerprint density at radius 1 is 1.65 bits per heavy atom. The third kappa shape index (κ3) is 4.02. The molecule has 0 bridgehead atoms. The van der Waals surface area contributed by atoms with E-state index >= 15 is 0 Å². The van der Waals surface area contributed by atoms with Crippen LogP contribution in [0.5, 0.6) is 0 Å². The lowest BCUT2D eigenvalue weighted by atomic mass is 10.3. The van der Waals surface area contributed by atoms with Crippen molar-refractivity contribution in [2.75, 3.05) is 5.73 Å². The van der Waals surface area contributed by atoms with Crippen LogP contribution in [-0.4, -0.2) is 31.6 Å². The van der Waals surface area contributed by atoms with Crippen molar-refractivity contribution < 1.29 is 17.8 Å². The van der Waals surface area contributed by atoms with E-state index in [9.17, 15) is 9.59 Å². The van der Waals surface area contributed by atoms with Gasteiger partial charge >= 0.3 is 5.97 Å². The average molecular weight is 371 g/mol. The lowest BCUT2D eigenvalue weighted by molar-refractivity contribution is -0.142. The van der Waals surface area contributed by atoms with Crippen LogP contribution >= 0.6 is 32.5 Å². The van der Waals surface area contributed by atoms with Gasteiger partial charge in [-0.25, -0.2) is 9.78 Å². The summed E-state index contributed by atoms with van der Waals surface area (Å²) in [6.45, 7) is 1.38. The zero-order chi connectivity index (χ0) is 13.0. The molecular weight excluding hydrogens is 361 g/mol. The molecule has 1 amide bonds. The van der Waals surface area contributed by atoms with Crippen LogP contribution in [0.1, 0.15) is 12.6 Å². The molecule has 5 N–H and O–H groups in total. The van der Waals surface area contributed by atoms with Crippen molar-refractivity contribution in [1.29, 1.82) is 0 Å². The van der Waals surface area contributed by atoms with E-state index in [0.717, 1.165) is 0 Å². The molecule has 1 atom stereocenters. The smallest absolute Gasteiger partial charge is 0.333 e. The Morgan fingerprint density at radius 3 is 2.71 bits per heavy atom. The molecule has 7 nitrogen and oxygen atoms in total. The summed E-state index contributed by atoms with van der Waals surface area (Å²) in [5.41, 5.74) is 11.0. The average Bonchev–Trinajstić information content (AvgIpc) is 2.64. The van der Waals surface area contributed by atoms with E-state index in [2.05, 4.69) is 4.98 Å². The van der Waals surface area contributed by atoms with E-state index < -0.39 is 39.1 Å². The van der Waals surface area contributed by atoms with Gasteiger partial charge in [0.15, 0.2) is 11.2 Å². The van der Waals surface area contributed by atoms with Crippen LogP contribution in [0.3, 0.4) is 0 Å². The number of hydrogen-bond acceptors (Lipinski definition) is 6. The number of nitrogens with two attached hydrogens (primary N) is 2. The van der Waals surface area contributed by atoms with Gasteiger partial charge in [-0.2, -0.15) is 0 Å². The van der Waals surface area contributed by atoms with Crippen LogP contribution in [0.25, 0.3) is 0 Å². The third-order valence-corrected chi connectivity index (χ3v) is 4.78. The van der Waals surface area contributed by atoms with Crippen molar-refractivity contribution in [2.24, 2.45) is 5.73 Å². The highest BCUT2D eigenvalue weighted by Crippen LogP contribution is 2.17. The van der Waals surface area contributed by atoms with Crippen molar-refractivity contribution in [3.05, 3.63) is 11.1 Å². The molecular formula is C8H10IN3O4S. The van der Waals surface area contributed by atoms with E-state index in [1.54, 1.807) is 5.38 Å². The molecule has 0 fully saturated rings. The molecule has 0 aromatic carbocycles. The van der Waals surface area contributed by atoms with Crippen LogP contribution in [0.4, 0.5) is 5.13 Å². The van der Waals surface area contributed by atoms with Crippen LogP contribution in [0, 0.1) is 0 Å². The number of carbonyl (C=O) groups excluding carboxylic acids is 1. The molecule has 0 unspecified atom stereocenters. The van der Waals surface area contributed by atoms with Crippen molar-refractivity contribution in [3.63, 3.8) is 0 Å². The van der Waals surface area contributed by atoms with Crippen molar-refractivity contribution in [1.82, 2.24) is 4.98 Å². The molecule has 1 rings (SSSR count). The Morgan fingerprint density at radius 2 is 2.29 bits per heavy atom. The maximum absolute atomic E-state index is 11.2. The highest BCUT2D eigenvalue weighted by atomic mass is 127. The summed E-state index contributed by atoms with van der Waals surface area (Å²) in [6.07, 6.45) is -0.979. The Bertz CT molecular complexity index is 473. The van der Waals surface area contributed by atoms with Crippen LogP contribution in [-0.2, 0) is 12.7 Å². The number of anilines is 1. The number of primary amides is 1. The first-order valence-corrected chi connectivity index (χ1v) is 7.17. The van der Waals surface area contributed by atoms with Crippen molar-refractivity contribution >= 4 is 53.0 Å². The molecule has 0 aliphatic carbocycles.